The van der Waals surface area contributed by atoms with Crippen LogP contribution in [0.2, 0.25) is 0 Å². The topological polar surface area (TPSA) is 35.5 Å². The Morgan fingerprint density at radius 2 is 1.57 bits per heavy atom. The molecule has 160 valence electrons. The maximum Gasteiger partial charge on any atom is 0.136 e. The third kappa shape index (κ3) is 3.29. The first-order valence-electron chi connectivity index (χ1n) is 12.2. The lowest BCUT2D eigenvalue weighted by atomic mass is 9.45. The Labute approximate surface area is 172 Å². The van der Waals surface area contributed by atoms with Crippen LogP contribution in [-0.2, 0) is 14.3 Å². The van der Waals surface area contributed by atoms with Crippen molar-refractivity contribution < 1.29 is 14.3 Å². The lowest BCUT2D eigenvalue weighted by Crippen LogP contribution is -2.57. The molecule has 4 aliphatic rings. The summed E-state index contributed by atoms with van der Waals surface area (Å²) < 4.78 is 12.4. The first kappa shape index (κ1) is 20.8. The fourth-order valence-corrected chi connectivity index (χ4v) is 7.81. The van der Waals surface area contributed by atoms with Crippen LogP contribution >= 0.6 is 0 Å². The number of ether oxygens (including phenoxy) is 2. The molecular formula is C25H42O3. The SMILES string of the molecule is CCCO[C@H]1CC[C@@]2(C)[C@@H](CC(=O)[C@H]3[C@H]2CC[C@@]2(C)[C@@H](OCCC)CC[C@H]32)C1. The molecule has 0 aromatic rings. The minimum atomic E-state index is 0.219. The summed E-state index contributed by atoms with van der Waals surface area (Å²) in [4.78, 5) is 13.5. The second kappa shape index (κ2) is 8.02. The predicted molar refractivity (Wildman–Crippen MR) is 112 cm³/mol. The highest BCUT2D eigenvalue weighted by atomic mass is 16.5. The Morgan fingerprint density at radius 1 is 0.893 bits per heavy atom. The lowest BCUT2D eigenvalue weighted by Gasteiger charge is -2.60. The predicted octanol–water partition coefficient (Wildman–Crippen LogP) is 5.80. The molecule has 0 aliphatic heterocycles. The van der Waals surface area contributed by atoms with Gasteiger partial charge in [0.05, 0.1) is 12.2 Å². The van der Waals surface area contributed by atoms with E-state index in [-0.39, 0.29) is 5.41 Å². The molecular weight excluding hydrogens is 348 g/mol. The third-order valence-corrected chi connectivity index (χ3v) is 9.42. The summed E-state index contributed by atoms with van der Waals surface area (Å²) >= 11 is 0. The average molecular weight is 391 g/mol. The fraction of sp³-hybridized carbons (Fsp3) is 0.960. The van der Waals surface area contributed by atoms with Gasteiger partial charge in [-0.15, -0.1) is 0 Å². The van der Waals surface area contributed by atoms with E-state index in [1.165, 1.54) is 32.1 Å². The lowest BCUT2D eigenvalue weighted by molar-refractivity contribution is -0.166. The van der Waals surface area contributed by atoms with Gasteiger partial charge in [0.1, 0.15) is 5.78 Å². The van der Waals surface area contributed by atoms with E-state index in [0.29, 0.717) is 47.1 Å². The zero-order chi connectivity index (χ0) is 19.9. The highest BCUT2D eigenvalue weighted by Crippen LogP contribution is 2.65. The highest BCUT2D eigenvalue weighted by Gasteiger charge is 2.63. The van der Waals surface area contributed by atoms with Gasteiger partial charge >= 0.3 is 0 Å². The first-order valence-corrected chi connectivity index (χ1v) is 12.2. The van der Waals surface area contributed by atoms with Crippen LogP contribution in [0.3, 0.4) is 0 Å². The minimum absolute atomic E-state index is 0.219. The first-order chi connectivity index (χ1) is 13.4. The van der Waals surface area contributed by atoms with E-state index in [1.54, 1.807) is 0 Å². The molecule has 0 aromatic heterocycles. The summed E-state index contributed by atoms with van der Waals surface area (Å²) in [6, 6.07) is 0. The van der Waals surface area contributed by atoms with E-state index < -0.39 is 0 Å². The van der Waals surface area contributed by atoms with Crippen molar-refractivity contribution >= 4 is 5.78 Å². The molecule has 4 fully saturated rings. The average Bonchev–Trinajstić information content (AvgIpc) is 3.01. The molecule has 4 aliphatic carbocycles. The van der Waals surface area contributed by atoms with Crippen LogP contribution < -0.4 is 0 Å². The third-order valence-electron chi connectivity index (χ3n) is 9.42. The number of hydrogen-bond acceptors (Lipinski definition) is 3. The van der Waals surface area contributed by atoms with E-state index in [2.05, 4.69) is 27.7 Å². The van der Waals surface area contributed by atoms with Gasteiger partial charge in [-0.1, -0.05) is 27.7 Å². The molecule has 4 saturated carbocycles. The highest BCUT2D eigenvalue weighted by molar-refractivity contribution is 5.83. The van der Waals surface area contributed by atoms with Crippen LogP contribution in [0, 0.1) is 34.5 Å². The molecule has 0 amide bonds. The second-order valence-electron chi connectivity index (χ2n) is 10.9. The van der Waals surface area contributed by atoms with Crippen molar-refractivity contribution in [1.29, 1.82) is 0 Å². The van der Waals surface area contributed by atoms with Crippen molar-refractivity contribution in [2.24, 2.45) is 34.5 Å². The second-order valence-corrected chi connectivity index (χ2v) is 10.9. The largest absolute Gasteiger partial charge is 0.378 e. The zero-order valence-electron chi connectivity index (χ0n) is 18.7. The number of fused-ring (bicyclic) bond motifs is 5. The Bertz CT molecular complexity index is 574. The molecule has 0 spiro atoms. The molecule has 0 radical (unpaired) electrons. The number of Topliss-reactive ketones (excluding diaryl/α,β-unsaturated/α-hetero) is 1. The van der Waals surface area contributed by atoms with Gasteiger partial charge in [-0.2, -0.15) is 0 Å². The maximum atomic E-state index is 13.5. The molecule has 0 saturated heterocycles. The van der Waals surface area contributed by atoms with Crippen LogP contribution in [-0.4, -0.2) is 31.2 Å². The molecule has 0 N–H and O–H groups in total. The van der Waals surface area contributed by atoms with Gasteiger partial charge in [0, 0.05) is 25.6 Å². The van der Waals surface area contributed by atoms with Gasteiger partial charge in [-0.25, -0.2) is 0 Å². The van der Waals surface area contributed by atoms with E-state index in [1.807, 2.05) is 0 Å². The molecule has 0 aromatic carbocycles. The zero-order valence-corrected chi connectivity index (χ0v) is 18.7. The molecule has 0 heterocycles. The number of rotatable bonds is 6. The summed E-state index contributed by atoms with van der Waals surface area (Å²) in [6.07, 6.45) is 12.1. The molecule has 8 atom stereocenters. The molecule has 4 rings (SSSR count). The normalized spacial score (nSPS) is 48.1. The smallest absolute Gasteiger partial charge is 0.136 e. The van der Waals surface area contributed by atoms with Crippen molar-refractivity contribution in [3.63, 3.8) is 0 Å². The number of carbonyl (C=O) groups excluding carboxylic acids is 1. The Balaban J connectivity index is 1.52. The summed E-state index contributed by atoms with van der Waals surface area (Å²) in [5.41, 5.74) is 0.560. The molecule has 3 nitrogen and oxygen atoms in total. The van der Waals surface area contributed by atoms with E-state index >= 15 is 0 Å². The van der Waals surface area contributed by atoms with E-state index in [9.17, 15) is 4.79 Å². The van der Waals surface area contributed by atoms with E-state index in [0.717, 1.165) is 45.3 Å². The van der Waals surface area contributed by atoms with Gasteiger partial charge in [0.15, 0.2) is 0 Å². The van der Waals surface area contributed by atoms with Crippen molar-refractivity contribution in [1.82, 2.24) is 0 Å². The van der Waals surface area contributed by atoms with Gasteiger partial charge in [0.25, 0.3) is 0 Å². The summed E-state index contributed by atoms with van der Waals surface area (Å²) in [5, 5.41) is 0. The monoisotopic (exact) mass is 390 g/mol. The summed E-state index contributed by atoms with van der Waals surface area (Å²) in [6.45, 7) is 11.1. The summed E-state index contributed by atoms with van der Waals surface area (Å²) in [5.74, 6) is 2.55. The van der Waals surface area contributed by atoms with Gasteiger partial charge in [0.2, 0.25) is 0 Å². The molecule has 0 bridgehead atoms. The quantitative estimate of drug-likeness (QED) is 0.575. The maximum absolute atomic E-state index is 13.5. The van der Waals surface area contributed by atoms with Crippen molar-refractivity contribution in [3.8, 4) is 0 Å². The number of hydrogen-bond donors (Lipinski definition) is 0. The van der Waals surface area contributed by atoms with Crippen LogP contribution in [0.1, 0.15) is 91.9 Å². The van der Waals surface area contributed by atoms with Crippen LogP contribution in [0.25, 0.3) is 0 Å². The Kier molecular flexibility index (Phi) is 5.97. The number of ketones is 1. The van der Waals surface area contributed by atoms with Crippen molar-refractivity contribution in [3.05, 3.63) is 0 Å². The minimum Gasteiger partial charge on any atom is -0.378 e. The fourth-order valence-electron chi connectivity index (χ4n) is 7.81. The Morgan fingerprint density at radius 3 is 2.32 bits per heavy atom. The van der Waals surface area contributed by atoms with Crippen molar-refractivity contribution in [2.75, 3.05) is 13.2 Å². The van der Waals surface area contributed by atoms with Crippen LogP contribution in [0.5, 0.6) is 0 Å². The van der Waals surface area contributed by atoms with Gasteiger partial charge < -0.3 is 9.47 Å². The van der Waals surface area contributed by atoms with Crippen LogP contribution in [0.4, 0.5) is 0 Å². The van der Waals surface area contributed by atoms with Gasteiger partial charge in [-0.3, -0.25) is 4.79 Å². The van der Waals surface area contributed by atoms with Crippen molar-refractivity contribution in [2.45, 2.75) is 104 Å². The molecule has 28 heavy (non-hydrogen) atoms. The molecule has 3 heteroatoms. The summed E-state index contributed by atoms with van der Waals surface area (Å²) in [7, 11) is 0. The number of carbonyl (C=O) groups is 1. The standard InChI is InChI=1S/C25H42O3/c1-5-13-27-18-9-11-24(3)17(15-18)16-21(26)23-19-7-8-22(28-14-6-2)25(19,4)12-10-20(23)24/h17-20,22-23H,5-16H2,1-4H3/t17-,18+,19-,20-,22+,23-,24+,25-/m1/s1. The molecule has 0 unspecified atom stereocenters. The van der Waals surface area contributed by atoms with E-state index in [4.69, 9.17) is 9.47 Å². The van der Waals surface area contributed by atoms with Gasteiger partial charge in [-0.05, 0) is 86.4 Å². The Hall–Kier alpha value is -0.410. The van der Waals surface area contributed by atoms with Crippen LogP contribution in [0.15, 0.2) is 0 Å².